The number of rotatable bonds is 7. The van der Waals surface area contributed by atoms with E-state index in [0.29, 0.717) is 22.9 Å². The van der Waals surface area contributed by atoms with E-state index in [-0.39, 0.29) is 23.0 Å². The molecule has 2 aromatic carbocycles. The molecule has 5 nitrogen and oxygen atoms in total. The van der Waals surface area contributed by atoms with E-state index in [1.165, 1.54) is 18.9 Å². The quantitative estimate of drug-likeness (QED) is 0.584. The number of nitrogens with one attached hydrogen (secondary N) is 2. The zero-order chi connectivity index (χ0) is 20.7. The fourth-order valence-electron chi connectivity index (χ4n) is 2.43. The molecule has 0 aliphatic rings. The van der Waals surface area contributed by atoms with Gasteiger partial charge in [-0.2, -0.15) is 0 Å². The minimum absolute atomic E-state index is 0.0113. The highest BCUT2D eigenvalue weighted by molar-refractivity contribution is 8.00. The standard InChI is InChI=1S/C21H25ClN2O3S/c1-21(2,3)12-19(25)23-15-6-8-16(9-7-15)28-13-20(26)24-17-11-14(22)5-10-18(17)27-4/h5-11H,12-13H2,1-4H3,(H,23,25)(H,24,26). The Morgan fingerprint density at radius 3 is 2.32 bits per heavy atom. The summed E-state index contributed by atoms with van der Waals surface area (Å²) < 4.78 is 5.22. The Morgan fingerprint density at radius 1 is 1.04 bits per heavy atom. The predicted molar refractivity (Wildman–Crippen MR) is 117 cm³/mol. The lowest BCUT2D eigenvalue weighted by Crippen LogP contribution is -2.19. The predicted octanol–water partition coefficient (Wildman–Crippen LogP) is 5.45. The van der Waals surface area contributed by atoms with Gasteiger partial charge < -0.3 is 15.4 Å². The Kier molecular flexibility index (Phi) is 7.78. The lowest BCUT2D eigenvalue weighted by atomic mass is 9.92. The van der Waals surface area contributed by atoms with Crippen LogP contribution in [0.4, 0.5) is 11.4 Å². The second-order valence-corrected chi connectivity index (χ2v) is 8.98. The molecule has 0 bridgehead atoms. The minimum Gasteiger partial charge on any atom is -0.495 e. The first-order chi connectivity index (χ1) is 13.2. The van der Waals surface area contributed by atoms with E-state index >= 15 is 0 Å². The average Bonchev–Trinajstić information content (AvgIpc) is 2.60. The molecule has 0 radical (unpaired) electrons. The number of thioether (sulfide) groups is 1. The second-order valence-electron chi connectivity index (χ2n) is 7.49. The van der Waals surface area contributed by atoms with Crippen LogP contribution in [0.2, 0.25) is 5.02 Å². The molecule has 0 saturated carbocycles. The maximum Gasteiger partial charge on any atom is 0.234 e. The number of methoxy groups -OCH3 is 1. The second kappa shape index (κ2) is 9.85. The van der Waals surface area contributed by atoms with Gasteiger partial charge in [0, 0.05) is 22.0 Å². The fourth-order valence-corrected chi connectivity index (χ4v) is 3.30. The van der Waals surface area contributed by atoms with Crippen molar-refractivity contribution < 1.29 is 14.3 Å². The highest BCUT2D eigenvalue weighted by Gasteiger charge is 2.16. The Bertz CT molecular complexity index is 833. The molecular weight excluding hydrogens is 396 g/mol. The molecule has 28 heavy (non-hydrogen) atoms. The summed E-state index contributed by atoms with van der Waals surface area (Å²) in [5.41, 5.74) is 1.23. The topological polar surface area (TPSA) is 67.4 Å². The summed E-state index contributed by atoms with van der Waals surface area (Å²) >= 11 is 7.38. The molecule has 0 saturated heterocycles. The molecule has 150 valence electrons. The van der Waals surface area contributed by atoms with Gasteiger partial charge in [-0.25, -0.2) is 0 Å². The van der Waals surface area contributed by atoms with Crippen LogP contribution in [0, 0.1) is 5.41 Å². The van der Waals surface area contributed by atoms with Gasteiger partial charge in [-0.3, -0.25) is 9.59 Å². The summed E-state index contributed by atoms with van der Waals surface area (Å²) in [6.07, 6.45) is 0.455. The fraction of sp³-hybridized carbons (Fsp3) is 0.333. The van der Waals surface area contributed by atoms with Crippen molar-refractivity contribution >= 4 is 46.6 Å². The highest BCUT2D eigenvalue weighted by Crippen LogP contribution is 2.28. The van der Waals surface area contributed by atoms with E-state index < -0.39 is 0 Å². The summed E-state index contributed by atoms with van der Waals surface area (Å²) in [4.78, 5) is 25.1. The van der Waals surface area contributed by atoms with Crippen LogP contribution in [-0.2, 0) is 9.59 Å². The summed E-state index contributed by atoms with van der Waals surface area (Å²) in [5.74, 6) is 0.625. The van der Waals surface area contributed by atoms with Crippen molar-refractivity contribution in [2.75, 3.05) is 23.5 Å². The number of benzene rings is 2. The number of ether oxygens (including phenoxy) is 1. The zero-order valence-electron chi connectivity index (χ0n) is 16.5. The number of carbonyl (C=O) groups excluding carboxylic acids is 2. The lowest BCUT2D eigenvalue weighted by Gasteiger charge is -2.17. The molecule has 0 aliphatic carbocycles. The van der Waals surface area contributed by atoms with E-state index in [2.05, 4.69) is 10.6 Å². The molecule has 0 heterocycles. The number of amides is 2. The summed E-state index contributed by atoms with van der Waals surface area (Å²) in [6.45, 7) is 6.07. The third-order valence-corrected chi connectivity index (χ3v) is 4.88. The van der Waals surface area contributed by atoms with E-state index in [1.807, 2.05) is 45.0 Å². The van der Waals surface area contributed by atoms with Gasteiger partial charge in [0.05, 0.1) is 18.6 Å². The van der Waals surface area contributed by atoms with E-state index in [4.69, 9.17) is 16.3 Å². The monoisotopic (exact) mass is 420 g/mol. The molecule has 0 aliphatic heterocycles. The normalized spacial score (nSPS) is 11.0. The first-order valence-corrected chi connectivity index (χ1v) is 10.2. The van der Waals surface area contributed by atoms with E-state index in [0.717, 1.165) is 10.6 Å². The molecule has 2 aromatic rings. The van der Waals surface area contributed by atoms with Crippen LogP contribution >= 0.6 is 23.4 Å². The number of hydrogen-bond donors (Lipinski definition) is 2. The largest absolute Gasteiger partial charge is 0.495 e. The van der Waals surface area contributed by atoms with Crippen LogP contribution in [-0.4, -0.2) is 24.7 Å². The number of hydrogen-bond acceptors (Lipinski definition) is 4. The van der Waals surface area contributed by atoms with Crippen molar-refractivity contribution in [2.24, 2.45) is 5.41 Å². The van der Waals surface area contributed by atoms with Gasteiger partial charge in [0.2, 0.25) is 11.8 Å². The maximum absolute atomic E-state index is 12.2. The maximum atomic E-state index is 12.2. The van der Waals surface area contributed by atoms with Gasteiger partial charge in [0.25, 0.3) is 0 Å². The SMILES string of the molecule is COc1ccc(Cl)cc1NC(=O)CSc1ccc(NC(=O)CC(C)(C)C)cc1. The van der Waals surface area contributed by atoms with Crippen molar-refractivity contribution in [3.63, 3.8) is 0 Å². The molecule has 7 heteroatoms. The average molecular weight is 421 g/mol. The Balaban J connectivity index is 1.87. The Labute approximate surface area is 175 Å². The smallest absolute Gasteiger partial charge is 0.234 e. The van der Waals surface area contributed by atoms with Crippen LogP contribution in [0.5, 0.6) is 5.75 Å². The number of carbonyl (C=O) groups is 2. The molecule has 0 spiro atoms. The number of anilines is 2. The van der Waals surface area contributed by atoms with Crippen LogP contribution in [0.1, 0.15) is 27.2 Å². The van der Waals surface area contributed by atoms with Crippen molar-refractivity contribution in [3.8, 4) is 5.75 Å². The number of halogens is 1. The van der Waals surface area contributed by atoms with E-state index in [9.17, 15) is 9.59 Å². The zero-order valence-corrected chi connectivity index (χ0v) is 18.0. The molecular formula is C21H25ClN2O3S. The Morgan fingerprint density at radius 2 is 1.71 bits per heavy atom. The summed E-state index contributed by atoms with van der Waals surface area (Å²) in [7, 11) is 1.54. The third kappa shape index (κ3) is 7.44. The van der Waals surface area contributed by atoms with Gasteiger partial charge in [0.15, 0.2) is 0 Å². The molecule has 2 amide bonds. The molecule has 0 aromatic heterocycles. The molecule has 2 N–H and O–H groups in total. The lowest BCUT2D eigenvalue weighted by molar-refractivity contribution is -0.118. The minimum atomic E-state index is -0.159. The van der Waals surface area contributed by atoms with Crippen LogP contribution in [0.15, 0.2) is 47.4 Å². The van der Waals surface area contributed by atoms with Crippen molar-refractivity contribution in [3.05, 3.63) is 47.5 Å². The first-order valence-electron chi connectivity index (χ1n) is 8.82. The van der Waals surface area contributed by atoms with E-state index in [1.54, 1.807) is 18.2 Å². The van der Waals surface area contributed by atoms with Gasteiger partial charge in [-0.1, -0.05) is 32.4 Å². The van der Waals surface area contributed by atoms with Gasteiger partial charge >= 0.3 is 0 Å². The molecule has 0 fully saturated rings. The molecule has 2 rings (SSSR count). The van der Waals surface area contributed by atoms with Crippen LogP contribution in [0.25, 0.3) is 0 Å². The van der Waals surface area contributed by atoms with Gasteiger partial charge in [0.1, 0.15) is 5.75 Å². The molecule has 0 unspecified atom stereocenters. The van der Waals surface area contributed by atoms with Crippen LogP contribution in [0.3, 0.4) is 0 Å². The highest BCUT2D eigenvalue weighted by atomic mass is 35.5. The van der Waals surface area contributed by atoms with Gasteiger partial charge in [-0.15, -0.1) is 11.8 Å². The van der Waals surface area contributed by atoms with Crippen molar-refractivity contribution in [1.82, 2.24) is 0 Å². The van der Waals surface area contributed by atoms with Gasteiger partial charge in [-0.05, 0) is 47.9 Å². The Hall–Kier alpha value is -2.18. The molecule has 0 atom stereocenters. The van der Waals surface area contributed by atoms with Crippen LogP contribution < -0.4 is 15.4 Å². The first kappa shape index (κ1) is 22.1. The third-order valence-electron chi connectivity index (χ3n) is 3.63. The summed E-state index contributed by atoms with van der Waals surface area (Å²) in [5, 5.41) is 6.21. The van der Waals surface area contributed by atoms with Crippen molar-refractivity contribution in [2.45, 2.75) is 32.1 Å². The summed E-state index contributed by atoms with van der Waals surface area (Å²) in [6, 6.07) is 12.5. The van der Waals surface area contributed by atoms with Crippen molar-refractivity contribution in [1.29, 1.82) is 0 Å².